The smallest absolute Gasteiger partial charge is 0.251 e. The standard InChI is InChI=1S/C18H20N2O3/c1-12-8-13(2)10-15(9-12)20-17(21)11-19-18(22)14-4-6-16(23-3)7-5-14/h4-10H,11H2,1-3H3,(H,19,22)(H,20,21). The van der Waals surface area contributed by atoms with Gasteiger partial charge in [0.2, 0.25) is 5.91 Å². The molecule has 2 amide bonds. The number of anilines is 1. The lowest BCUT2D eigenvalue weighted by atomic mass is 10.1. The van der Waals surface area contributed by atoms with E-state index in [-0.39, 0.29) is 18.4 Å². The second-order valence-electron chi connectivity index (χ2n) is 5.34. The first-order chi connectivity index (χ1) is 11.0. The zero-order valence-corrected chi connectivity index (χ0v) is 13.5. The fraction of sp³-hybridized carbons (Fsp3) is 0.222. The van der Waals surface area contributed by atoms with Gasteiger partial charge in [0.05, 0.1) is 13.7 Å². The predicted molar refractivity (Wildman–Crippen MR) is 89.9 cm³/mol. The number of carbonyl (C=O) groups is 2. The number of methoxy groups -OCH3 is 1. The molecule has 0 fully saturated rings. The highest BCUT2D eigenvalue weighted by atomic mass is 16.5. The average Bonchev–Trinajstić information content (AvgIpc) is 2.51. The van der Waals surface area contributed by atoms with Crippen molar-refractivity contribution in [1.29, 1.82) is 0 Å². The van der Waals surface area contributed by atoms with E-state index in [1.165, 1.54) is 0 Å². The fourth-order valence-corrected chi connectivity index (χ4v) is 2.26. The van der Waals surface area contributed by atoms with Gasteiger partial charge in [-0.25, -0.2) is 0 Å². The summed E-state index contributed by atoms with van der Waals surface area (Å²) in [5.74, 6) is 0.106. The van der Waals surface area contributed by atoms with Gasteiger partial charge < -0.3 is 15.4 Å². The Hall–Kier alpha value is -2.82. The Morgan fingerprint density at radius 2 is 1.61 bits per heavy atom. The number of amides is 2. The minimum atomic E-state index is -0.303. The van der Waals surface area contributed by atoms with Crippen LogP contribution >= 0.6 is 0 Å². The van der Waals surface area contributed by atoms with E-state index in [0.717, 1.165) is 16.8 Å². The molecular formula is C18H20N2O3. The molecule has 0 bridgehead atoms. The summed E-state index contributed by atoms with van der Waals surface area (Å²) in [7, 11) is 1.56. The topological polar surface area (TPSA) is 67.4 Å². The van der Waals surface area contributed by atoms with E-state index in [1.54, 1.807) is 31.4 Å². The third-order valence-electron chi connectivity index (χ3n) is 3.27. The molecule has 0 aliphatic rings. The predicted octanol–water partition coefficient (Wildman–Crippen LogP) is 2.68. The van der Waals surface area contributed by atoms with Crippen molar-refractivity contribution in [3.63, 3.8) is 0 Å². The van der Waals surface area contributed by atoms with E-state index in [9.17, 15) is 9.59 Å². The van der Waals surface area contributed by atoms with Gasteiger partial charge in [0, 0.05) is 11.3 Å². The summed E-state index contributed by atoms with van der Waals surface area (Å²) in [6.07, 6.45) is 0. The van der Waals surface area contributed by atoms with Gasteiger partial charge in [0.1, 0.15) is 5.75 Å². The number of aryl methyl sites for hydroxylation is 2. The molecule has 2 N–H and O–H groups in total. The molecule has 2 aromatic rings. The lowest BCUT2D eigenvalue weighted by Crippen LogP contribution is -2.32. The highest BCUT2D eigenvalue weighted by Gasteiger charge is 2.08. The molecule has 0 saturated heterocycles. The van der Waals surface area contributed by atoms with E-state index in [4.69, 9.17) is 4.74 Å². The first kappa shape index (κ1) is 16.5. The summed E-state index contributed by atoms with van der Waals surface area (Å²) in [4.78, 5) is 23.9. The number of hydrogen-bond acceptors (Lipinski definition) is 3. The SMILES string of the molecule is COc1ccc(C(=O)NCC(=O)Nc2cc(C)cc(C)c2)cc1. The number of hydrogen-bond donors (Lipinski definition) is 2. The van der Waals surface area contributed by atoms with Crippen LogP contribution in [-0.4, -0.2) is 25.5 Å². The lowest BCUT2D eigenvalue weighted by molar-refractivity contribution is -0.115. The van der Waals surface area contributed by atoms with Crippen molar-refractivity contribution in [1.82, 2.24) is 5.32 Å². The van der Waals surface area contributed by atoms with Crippen LogP contribution in [0.5, 0.6) is 5.75 Å². The Morgan fingerprint density at radius 1 is 1.00 bits per heavy atom. The number of benzene rings is 2. The normalized spacial score (nSPS) is 10.0. The number of carbonyl (C=O) groups excluding carboxylic acids is 2. The highest BCUT2D eigenvalue weighted by molar-refractivity contribution is 5.99. The van der Waals surface area contributed by atoms with E-state index in [0.29, 0.717) is 11.3 Å². The van der Waals surface area contributed by atoms with Crippen LogP contribution in [0, 0.1) is 13.8 Å². The second kappa shape index (κ2) is 7.45. The monoisotopic (exact) mass is 312 g/mol. The summed E-state index contributed by atoms with van der Waals surface area (Å²) < 4.78 is 5.04. The van der Waals surface area contributed by atoms with Crippen molar-refractivity contribution in [3.8, 4) is 5.75 Å². The van der Waals surface area contributed by atoms with Crippen LogP contribution in [-0.2, 0) is 4.79 Å². The molecule has 2 rings (SSSR count). The maximum atomic E-state index is 12.0. The van der Waals surface area contributed by atoms with E-state index >= 15 is 0 Å². The molecule has 0 saturated carbocycles. The van der Waals surface area contributed by atoms with E-state index in [2.05, 4.69) is 10.6 Å². The van der Waals surface area contributed by atoms with Crippen molar-refractivity contribution in [2.75, 3.05) is 19.0 Å². The zero-order valence-electron chi connectivity index (χ0n) is 13.5. The van der Waals surface area contributed by atoms with Gasteiger partial charge in [-0.1, -0.05) is 6.07 Å². The molecule has 0 aromatic heterocycles. The summed E-state index contributed by atoms with van der Waals surface area (Å²) in [6.45, 7) is 3.85. The molecule has 0 radical (unpaired) electrons. The molecule has 120 valence electrons. The van der Waals surface area contributed by atoms with Gasteiger partial charge in [-0.2, -0.15) is 0 Å². The Labute approximate surface area is 135 Å². The maximum Gasteiger partial charge on any atom is 0.251 e. The molecular weight excluding hydrogens is 292 g/mol. The molecule has 0 unspecified atom stereocenters. The summed E-state index contributed by atoms with van der Waals surface area (Å²) in [5.41, 5.74) is 3.35. The fourth-order valence-electron chi connectivity index (χ4n) is 2.26. The van der Waals surface area contributed by atoms with Crippen molar-refractivity contribution in [2.24, 2.45) is 0 Å². The summed E-state index contributed by atoms with van der Waals surface area (Å²) in [6, 6.07) is 12.5. The van der Waals surface area contributed by atoms with Crippen molar-refractivity contribution in [2.45, 2.75) is 13.8 Å². The molecule has 0 spiro atoms. The van der Waals surface area contributed by atoms with Gasteiger partial charge in [-0.05, 0) is 61.4 Å². The van der Waals surface area contributed by atoms with Crippen molar-refractivity contribution < 1.29 is 14.3 Å². The van der Waals surface area contributed by atoms with E-state index in [1.807, 2.05) is 32.0 Å². The molecule has 0 atom stereocenters. The third-order valence-corrected chi connectivity index (χ3v) is 3.27. The first-order valence-corrected chi connectivity index (χ1v) is 7.28. The van der Waals surface area contributed by atoms with Crippen LogP contribution in [0.3, 0.4) is 0 Å². The van der Waals surface area contributed by atoms with Crippen LogP contribution < -0.4 is 15.4 Å². The first-order valence-electron chi connectivity index (χ1n) is 7.28. The second-order valence-corrected chi connectivity index (χ2v) is 5.34. The highest BCUT2D eigenvalue weighted by Crippen LogP contribution is 2.13. The maximum absolute atomic E-state index is 12.0. The van der Waals surface area contributed by atoms with Gasteiger partial charge in [-0.3, -0.25) is 9.59 Å². The molecule has 23 heavy (non-hydrogen) atoms. The minimum Gasteiger partial charge on any atom is -0.497 e. The molecule has 5 nitrogen and oxygen atoms in total. The summed E-state index contributed by atoms with van der Waals surface area (Å²) in [5, 5.41) is 5.37. The van der Waals surface area contributed by atoms with Crippen molar-refractivity contribution in [3.05, 3.63) is 59.2 Å². The molecule has 0 aliphatic carbocycles. The Kier molecular flexibility index (Phi) is 5.36. The zero-order chi connectivity index (χ0) is 16.8. The van der Waals surface area contributed by atoms with Gasteiger partial charge in [-0.15, -0.1) is 0 Å². The van der Waals surface area contributed by atoms with Gasteiger partial charge in [0.15, 0.2) is 0 Å². The van der Waals surface area contributed by atoms with Gasteiger partial charge >= 0.3 is 0 Å². The van der Waals surface area contributed by atoms with Crippen LogP contribution in [0.15, 0.2) is 42.5 Å². The summed E-state index contributed by atoms with van der Waals surface area (Å²) >= 11 is 0. The Balaban J connectivity index is 1.89. The van der Waals surface area contributed by atoms with Crippen LogP contribution in [0.4, 0.5) is 5.69 Å². The molecule has 0 aliphatic heterocycles. The number of rotatable bonds is 5. The molecule has 0 heterocycles. The van der Waals surface area contributed by atoms with Gasteiger partial charge in [0.25, 0.3) is 5.91 Å². The van der Waals surface area contributed by atoms with Crippen LogP contribution in [0.2, 0.25) is 0 Å². The lowest BCUT2D eigenvalue weighted by Gasteiger charge is -2.09. The quantitative estimate of drug-likeness (QED) is 0.892. The minimum absolute atomic E-state index is 0.0855. The average molecular weight is 312 g/mol. The van der Waals surface area contributed by atoms with E-state index < -0.39 is 0 Å². The van der Waals surface area contributed by atoms with Crippen LogP contribution in [0.1, 0.15) is 21.5 Å². The third kappa shape index (κ3) is 4.85. The molecule has 2 aromatic carbocycles. The Bertz CT molecular complexity index is 688. The van der Waals surface area contributed by atoms with Crippen molar-refractivity contribution >= 4 is 17.5 Å². The molecule has 5 heteroatoms. The van der Waals surface area contributed by atoms with Crippen LogP contribution in [0.25, 0.3) is 0 Å². The number of nitrogens with one attached hydrogen (secondary N) is 2. The Morgan fingerprint density at radius 3 is 2.17 bits per heavy atom. The largest absolute Gasteiger partial charge is 0.497 e. The number of ether oxygens (including phenoxy) is 1.